The lowest BCUT2D eigenvalue weighted by molar-refractivity contribution is 0.733. The summed E-state index contributed by atoms with van der Waals surface area (Å²) in [5.41, 5.74) is 1.45. The Morgan fingerprint density at radius 3 is 1.88 bits per heavy atom. The van der Waals surface area contributed by atoms with Gasteiger partial charge in [-0.05, 0) is 29.4 Å². The first-order valence-electron chi connectivity index (χ1n) is 6.17. The van der Waals surface area contributed by atoms with Crippen LogP contribution in [-0.4, -0.2) is 17.4 Å². The molecule has 16 heavy (non-hydrogen) atoms. The second-order valence-corrected chi connectivity index (χ2v) is 6.29. The van der Waals surface area contributed by atoms with E-state index in [4.69, 9.17) is 0 Å². The predicted octanol–water partition coefficient (Wildman–Crippen LogP) is 4.93. The Morgan fingerprint density at radius 1 is 1.06 bits per heavy atom. The lowest BCUT2D eigenvalue weighted by Gasteiger charge is -2.06. The molecule has 0 aliphatic carbocycles. The van der Waals surface area contributed by atoms with E-state index < -0.39 is 0 Å². The first kappa shape index (κ1) is 15.4. The van der Waals surface area contributed by atoms with E-state index in [1.165, 1.54) is 23.5 Å². The standard InChI is InChI=1S/C10H14.C5H12S/c1-3-9(2)10-7-5-4-6-8-10;1-4-6(3)5-2/h4-9H,3H2,1-2H3;3-5H2,1-2H3. The zero-order valence-electron chi connectivity index (χ0n) is 11.2. The fourth-order valence-corrected chi connectivity index (χ4v) is 1.63. The largest absolute Gasteiger partial charge is 0.194 e. The monoisotopic (exact) mass is 238 g/mol. The lowest BCUT2D eigenvalue weighted by Crippen LogP contribution is -1.88. The van der Waals surface area contributed by atoms with Gasteiger partial charge >= 0.3 is 0 Å². The number of rotatable bonds is 4. The molecule has 0 N–H and O–H groups in total. The predicted molar refractivity (Wildman–Crippen MR) is 80.9 cm³/mol. The highest BCUT2D eigenvalue weighted by Crippen LogP contribution is 2.16. The second-order valence-electron chi connectivity index (χ2n) is 3.91. The van der Waals surface area contributed by atoms with Gasteiger partial charge in [-0.15, -0.1) is 0 Å². The molecule has 0 aliphatic rings. The molecule has 0 bridgehead atoms. The molecule has 0 spiro atoms. The molecule has 0 amide bonds. The highest BCUT2D eigenvalue weighted by molar-refractivity contribution is 8.14. The Balaban J connectivity index is 0.000000325. The molecule has 1 heteroatoms. The van der Waals surface area contributed by atoms with Crippen LogP contribution in [0.5, 0.6) is 0 Å². The van der Waals surface area contributed by atoms with Gasteiger partial charge in [0.25, 0.3) is 0 Å². The van der Waals surface area contributed by atoms with Crippen molar-refractivity contribution >= 4 is 16.4 Å². The number of hydrogen-bond acceptors (Lipinski definition) is 0. The molecular formula is C15H26S. The van der Waals surface area contributed by atoms with Gasteiger partial charge in [0.1, 0.15) is 0 Å². The molecule has 1 unspecified atom stereocenters. The van der Waals surface area contributed by atoms with Crippen molar-refractivity contribution < 1.29 is 0 Å². The van der Waals surface area contributed by atoms with Gasteiger partial charge in [-0.2, -0.15) is 10.5 Å². The SMILES string of the molecule is C=S(CC)CC.CCC(C)c1ccccc1. The minimum absolute atomic E-state index is 0.466. The fraction of sp³-hybridized carbons (Fsp3) is 0.533. The van der Waals surface area contributed by atoms with Crippen LogP contribution in [0, 0.1) is 0 Å². The first-order valence-corrected chi connectivity index (χ1v) is 7.90. The van der Waals surface area contributed by atoms with Gasteiger partial charge in [-0.3, -0.25) is 0 Å². The summed E-state index contributed by atoms with van der Waals surface area (Å²) in [6.45, 7) is 8.84. The van der Waals surface area contributed by atoms with Crippen LogP contribution in [0.25, 0.3) is 0 Å². The molecule has 0 saturated carbocycles. The Hall–Kier alpha value is -0.560. The van der Waals surface area contributed by atoms with Crippen LogP contribution >= 0.6 is 10.5 Å². The summed E-state index contributed by atoms with van der Waals surface area (Å²) in [4.78, 5) is 0. The van der Waals surface area contributed by atoms with Crippen LogP contribution < -0.4 is 0 Å². The molecule has 0 heterocycles. The maximum atomic E-state index is 3.90. The first-order chi connectivity index (χ1) is 7.65. The molecule has 1 rings (SSSR count). The van der Waals surface area contributed by atoms with Gasteiger partial charge in [0, 0.05) is 0 Å². The van der Waals surface area contributed by atoms with Gasteiger partial charge in [0.05, 0.1) is 0 Å². The van der Waals surface area contributed by atoms with Gasteiger partial charge in [-0.1, -0.05) is 63.9 Å². The van der Waals surface area contributed by atoms with Crippen molar-refractivity contribution in [3.8, 4) is 0 Å². The Bertz CT molecular complexity index is 271. The third-order valence-corrected chi connectivity index (χ3v) is 4.43. The van der Waals surface area contributed by atoms with Gasteiger partial charge in [0.2, 0.25) is 0 Å². The van der Waals surface area contributed by atoms with Crippen molar-refractivity contribution in [2.75, 3.05) is 11.5 Å². The van der Waals surface area contributed by atoms with E-state index >= 15 is 0 Å². The van der Waals surface area contributed by atoms with E-state index in [1.54, 1.807) is 0 Å². The van der Waals surface area contributed by atoms with Crippen molar-refractivity contribution in [1.82, 2.24) is 0 Å². The van der Waals surface area contributed by atoms with E-state index in [1.807, 2.05) is 0 Å². The maximum Gasteiger partial charge on any atom is -0.0151 e. The molecule has 92 valence electrons. The lowest BCUT2D eigenvalue weighted by atomic mass is 9.99. The molecule has 0 radical (unpaired) electrons. The number of hydrogen-bond donors (Lipinski definition) is 0. The smallest absolute Gasteiger partial charge is 0.0151 e. The molecule has 0 fully saturated rings. The van der Waals surface area contributed by atoms with Crippen LogP contribution in [-0.2, 0) is 0 Å². The second kappa shape index (κ2) is 9.65. The molecular weight excluding hydrogens is 212 g/mol. The maximum absolute atomic E-state index is 3.90. The van der Waals surface area contributed by atoms with E-state index in [2.05, 4.69) is 63.9 Å². The quantitative estimate of drug-likeness (QED) is 0.653. The normalized spacial score (nSPS) is 11.8. The highest BCUT2D eigenvalue weighted by atomic mass is 32.2. The Kier molecular flexibility index (Phi) is 9.31. The minimum Gasteiger partial charge on any atom is -0.194 e. The van der Waals surface area contributed by atoms with Gasteiger partial charge < -0.3 is 0 Å². The summed E-state index contributed by atoms with van der Waals surface area (Å²) in [6, 6.07) is 10.6. The van der Waals surface area contributed by atoms with Crippen molar-refractivity contribution in [3.63, 3.8) is 0 Å². The number of benzene rings is 1. The van der Waals surface area contributed by atoms with Crippen molar-refractivity contribution in [3.05, 3.63) is 35.9 Å². The Morgan fingerprint density at radius 2 is 1.56 bits per heavy atom. The fourth-order valence-electron chi connectivity index (χ4n) is 1.22. The molecule has 0 aromatic heterocycles. The zero-order valence-corrected chi connectivity index (χ0v) is 12.0. The van der Waals surface area contributed by atoms with Crippen LogP contribution in [0.2, 0.25) is 0 Å². The van der Waals surface area contributed by atoms with Crippen LogP contribution in [0.3, 0.4) is 0 Å². The summed E-state index contributed by atoms with van der Waals surface area (Å²) in [7, 11) is 0.466. The molecule has 1 aromatic rings. The molecule has 1 aromatic carbocycles. The Labute approximate surface area is 104 Å². The third-order valence-electron chi connectivity index (χ3n) is 2.80. The van der Waals surface area contributed by atoms with Crippen LogP contribution in [0.15, 0.2) is 30.3 Å². The molecule has 1 atom stereocenters. The minimum atomic E-state index is 0.466. The van der Waals surface area contributed by atoms with Crippen LogP contribution in [0.4, 0.5) is 0 Å². The average molecular weight is 238 g/mol. The summed E-state index contributed by atoms with van der Waals surface area (Å²) < 4.78 is 0. The van der Waals surface area contributed by atoms with Gasteiger partial charge in [-0.25, -0.2) is 0 Å². The van der Waals surface area contributed by atoms with Crippen LogP contribution in [0.1, 0.15) is 45.6 Å². The molecule has 0 saturated heterocycles. The molecule has 0 aliphatic heterocycles. The van der Waals surface area contributed by atoms with E-state index in [9.17, 15) is 0 Å². The van der Waals surface area contributed by atoms with Crippen molar-refractivity contribution in [2.45, 2.75) is 40.0 Å². The van der Waals surface area contributed by atoms with Crippen molar-refractivity contribution in [2.24, 2.45) is 0 Å². The van der Waals surface area contributed by atoms with Gasteiger partial charge in [0.15, 0.2) is 0 Å². The average Bonchev–Trinajstić information content (AvgIpc) is 2.38. The zero-order chi connectivity index (χ0) is 12.4. The topological polar surface area (TPSA) is 0 Å². The van der Waals surface area contributed by atoms with E-state index in [-0.39, 0.29) is 0 Å². The summed E-state index contributed by atoms with van der Waals surface area (Å²) >= 11 is 0. The molecule has 0 nitrogen and oxygen atoms in total. The van der Waals surface area contributed by atoms with Crippen molar-refractivity contribution in [1.29, 1.82) is 0 Å². The summed E-state index contributed by atoms with van der Waals surface area (Å²) in [5, 5.41) is 0. The van der Waals surface area contributed by atoms with E-state index in [0.29, 0.717) is 16.4 Å². The third kappa shape index (κ3) is 6.84. The summed E-state index contributed by atoms with van der Waals surface area (Å²) in [5.74, 6) is 7.11. The highest BCUT2D eigenvalue weighted by Gasteiger charge is 1.98. The van der Waals surface area contributed by atoms with E-state index in [0.717, 1.165) is 0 Å². The summed E-state index contributed by atoms with van der Waals surface area (Å²) in [6.07, 6.45) is 1.23.